The molecular formula is C25H25N7O4. The average molecular weight is 488 g/mol. The lowest BCUT2D eigenvalue weighted by Crippen LogP contribution is -2.34. The fourth-order valence-electron chi connectivity index (χ4n) is 3.25. The molecule has 0 saturated carbocycles. The van der Waals surface area contributed by atoms with Crippen LogP contribution in [0.25, 0.3) is 0 Å². The van der Waals surface area contributed by atoms with Gasteiger partial charge in [-0.1, -0.05) is 17.3 Å². The van der Waals surface area contributed by atoms with Crippen LogP contribution in [-0.2, 0) is 9.63 Å². The average Bonchev–Trinajstić information content (AvgIpc) is 2.92. The van der Waals surface area contributed by atoms with Crippen molar-refractivity contribution in [2.45, 2.75) is 25.8 Å². The SMILES string of the molecule is CCOc1cc(C2=NN(C(=O)CON=Cc3ccc(N=NC(C#N)C#N)cc3)CCC2)ccc1OC. The maximum atomic E-state index is 12.6. The van der Waals surface area contributed by atoms with E-state index < -0.39 is 6.04 Å². The third-order valence-electron chi connectivity index (χ3n) is 5.00. The highest BCUT2D eigenvalue weighted by Crippen LogP contribution is 2.29. The van der Waals surface area contributed by atoms with Crippen molar-refractivity contribution in [2.24, 2.45) is 20.5 Å². The summed E-state index contributed by atoms with van der Waals surface area (Å²) in [7, 11) is 1.59. The second kappa shape index (κ2) is 13.2. The highest BCUT2D eigenvalue weighted by molar-refractivity contribution is 6.02. The first-order chi connectivity index (χ1) is 17.6. The Morgan fingerprint density at radius 3 is 2.67 bits per heavy atom. The Bertz CT molecular complexity index is 1210. The molecule has 1 amide bonds. The van der Waals surface area contributed by atoms with E-state index in [1.54, 1.807) is 43.5 Å². The number of methoxy groups -OCH3 is 1. The van der Waals surface area contributed by atoms with Gasteiger partial charge in [-0.25, -0.2) is 5.01 Å². The van der Waals surface area contributed by atoms with Gasteiger partial charge in [0.2, 0.25) is 6.04 Å². The van der Waals surface area contributed by atoms with E-state index in [0.29, 0.717) is 35.9 Å². The molecule has 0 bridgehead atoms. The van der Waals surface area contributed by atoms with E-state index in [2.05, 4.69) is 20.5 Å². The number of hydrogen-bond donors (Lipinski definition) is 0. The van der Waals surface area contributed by atoms with Gasteiger partial charge in [-0.05, 0) is 55.7 Å². The predicted octanol–water partition coefficient (Wildman–Crippen LogP) is 3.97. The quantitative estimate of drug-likeness (QED) is 0.282. The van der Waals surface area contributed by atoms with E-state index in [0.717, 1.165) is 24.1 Å². The lowest BCUT2D eigenvalue weighted by atomic mass is 10.0. The molecule has 0 aromatic heterocycles. The first-order valence-electron chi connectivity index (χ1n) is 11.2. The highest BCUT2D eigenvalue weighted by atomic mass is 16.6. The summed E-state index contributed by atoms with van der Waals surface area (Å²) in [4.78, 5) is 17.8. The van der Waals surface area contributed by atoms with Crippen LogP contribution < -0.4 is 9.47 Å². The monoisotopic (exact) mass is 487 g/mol. The van der Waals surface area contributed by atoms with Crippen LogP contribution in [0.15, 0.2) is 63.0 Å². The van der Waals surface area contributed by atoms with Crippen LogP contribution in [0.2, 0.25) is 0 Å². The number of amides is 1. The maximum Gasteiger partial charge on any atom is 0.283 e. The first kappa shape index (κ1) is 25.8. The second-order valence-electron chi connectivity index (χ2n) is 7.44. The Kier molecular flexibility index (Phi) is 9.48. The number of carbonyl (C=O) groups is 1. The Balaban J connectivity index is 1.56. The summed E-state index contributed by atoms with van der Waals surface area (Å²) in [6.07, 6.45) is 2.97. The zero-order valence-electron chi connectivity index (χ0n) is 20.0. The van der Waals surface area contributed by atoms with Crippen LogP contribution in [0.3, 0.4) is 0 Å². The smallest absolute Gasteiger partial charge is 0.283 e. The van der Waals surface area contributed by atoms with Gasteiger partial charge in [-0.2, -0.15) is 25.9 Å². The van der Waals surface area contributed by atoms with Crippen molar-refractivity contribution in [3.63, 3.8) is 0 Å². The minimum atomic E-state index is -1.14. The van der Waals surface area contributed by atoms with Gasteiger partial charge in [0.15, 0.2) is 18.1 Å². The van der Waals surface area contributed by atoms with Gasteiger partial charge in [0, 0.05) is 12.1 Å². The summed E-state index contributed by atoms with van der Waals surface area (Å²) >= 11 is 0. The molecule has 184 valence electrons. The molecule has 2 aromatic rings. The van der Waals surface area contributed by atoms with Gasteiger partial charge in [0.25, 0.3) is 5.91 Å². The number of benzene rings is 2. The summed E-state index contributed by atoms with van der Waals surface area (Å²) in [5.41, 5.74) is 2.85. The van der Waals surface area contributed by atoms with Crippen LogP contribution >= 0.6 is 0 Å². The molecule has 3 rings (SSSR count). The van der Waals surface area contributed by atoms with Gasteiger partial charge in [0.05, 0.1) is 31.3 Å². The molecule has 11 heteroatoms. The molecule has 36 heavy (non-hydrogen) atoms. The minimum absolute atomic E-state index is 0.254. The topological polar surface area (TPSA) is 145 Å². The van der Waals surface area contributed by atoms with Crippen molar-refractivity contribution in [1.82, 2.24) is 5.01 Å². The zero-order valence-corrected chi connectivity index (χ0v) is 20.0. The van der Waals surface area contributed by atoms with E-state index in [4.69, 9.17) is 24.8 Å². The van der Waals surface area contributed by atoms with Crippen LogP contribution in [0.5, 0.6) is 11.5 Å². The van der Waals surface area contributed by atoms with Gasteiger partial charge >= 0.3 is 0 Å². The Morgan fingerprint density at radius 2 is 1.97 bits per heavy atom. The van der Waals surface area contributed by atoms with Crippen molar-refractivity contribution in [2.75, 3.05) is 26.9 Å². The molecule has 0 radical (unpaired) electrons. The van der Waals surface area contributed by atoms with E-state index in [-0.39, 0.29) is 12.5 Å². The number of hydrogen-bond acceptors (Lipinski definition) is 10. The summed E-state index contributed by atoms with van der Waals surface area (Å²) < 4.78 is 11.0. The molecule has 0 saturated heterocycles. The zero-order chi connectivity index (χ0) is 25.8. The standard InChI is InChI=1S/C25H25N7O4/c1-3-35-24-13-19(8-11-23(24)34-2)22-5-4-12-32(31-22)25(33)17-36-28-16-18-6-9-20(10-7-18)29-30-21(14-26)15-27/h6-11,13,16,21H,3-5,12,17H2,1-2H3. The molecular weight excluding hydrogens is 462 g/mol. The van der Waals surface area contributed by atoms with Gasteiger partial charge in [-0.3, -0.25) is 4.79 Å². The van der Waals surface area contributed by atoms with Crippen molar-refractivity contribution in [3.05, 3.63) is 53.6 Å². The fourth-order valence-corrected chi connectivity index (χ4v) is 3.25. The molecule has 0 aliphatic carbocycles. The maximum absolute atomic E-state index is 12.6. The van der Waals surface area contributed by atoms with Gasteiger partial charge in [0.1, 0.15) is 12.1 Å². The lowest BCUT2D eigenvalue weighted by molar-refractivity contribution is -0.136. The number of oxime groups is 1. The number of carbonyl (C=O) groups excluding carboxylic acids is 1. The van der Waals surface area contributed by atoms with Crippen molar-refractivity contribution < 1.29 is 19.1 Å². The van der Waals surface area contributed by atoms with Crippen molar-refractivity contribution >= 4 is 23.5 Å². The second-order valence-corrected chi connectivity index (χ2v) is 7.44. The molecule has 0 fully saturated rings. The molecule has 1 aliphatic rings. The number of azo groups is 1. The number of nitrogens with zero attached hydrogens (tertiary/aromatic N) is 7. The van der Waals surface area contributed by atoms with Crippen molar-refractivity contribution in [3.8, 4) is 23.6 Å². The Labute approximate surface area is 208 Å². The summed E-state index contributed by atoms with van der Waals surface area (Å²) in [5, 5.41) is 34.6. The van der Waals surface area contributed by atoms with Crippen LogP contribution in [-0.4, -0.2) is 55.8 Å². The fraction of sp³-hybridized carbons (Fsp3) is 0.320. The van der Waals surface area contributed by atoms with E-state index in [9.17, 15) is 4.79 Å². The third-order valence-corrected chi connectivity index (χ3v) is 5.00. The summed E-state index contributed by atoms with van der Waals surface area (Å²) in [6, 6.07) is 14.6. The van der Waals surface area contributed by atoms with E-state index >= 15 is 0 Å². The lowest BCUT2D eigenvalue weighted by Gasteiger charge is -2.23. The normalized spacial score (nSPS) is 13.4. The predicted molar refractivity (Wildman–Crippen MR) is 131 cm³/mol. The number of rotatable bonds is 10. The molecule has 0 N–H and O–H groups in total. The molecule has 0 unspecified atom stereocenters. The molecule has 0 atom stereocenters. The molecule has 11 nitrogen and oxygen atoms in total. The van der Waals surface area contributed by atoms with Gasteiger partial charge in [-0.15, -0.1) is 0 Å². The molecule has 0 spiro atoms. The van der Waals surface area contributed by atoms with Crippen LogP contribution in [0.1, 0.15) is 30.9 Å². The number of hydrazone groups is 1. The molecule has 1 heterocycles. The van der Waals surface area contributed by atoms with Crippen LogP contribution in [0, 0.1) is 22.7 Å². The van der Waals surface area contributed by atoms with Crippen LogP contribution in [0.4, 0.5) is 5.69 Å². The van der Waals surface area contributed by atoms with E-state index in [1.165, 1.54) is 11.2 Å². The Hall–Kier alpha value is -4.77. The largest absolute Gasteiger partial charge is 0.493 e. The summed E-state index contributed by atoms with van der Waals surface area (Å²) in [5.74, 6) is 0.969. The molecule has 2 aromatic carbocycles. The van der Waals surface area contributed by atoms with Gasteiger partial charge < -0.3 is 14.3 Å². The Morgan fingerprint density at radius 1 is 1.19 bits per heavy atom. The highest BCUT2D eigenvalue weighted by Gasteiger charge is 2.20. The minimum Gasteiger partial charge on any atom is -0.493 e. The molecule has 1 aliphatic heterocycles. The number of nitriles is 2. The summed E-state index contributed by atoms with van der Waals surface area (Å²) in [6.45, 7) is 2.66. The first-order valence-corrected chi connectivity index (χ1v) is 11.2. The van der Waals surface area contributed by atoms with Crippen molar-refractivity contribution in [1.29, 1.82) is 10.5 Å². The van der Waals surface area contributed by atoms with E-state index in [1.807, 2.05) is 25.1 Å². The number of ether oxygens (including phenoxy) is 2. The third kappa shape index (κ3) is 7.11.